The summed E-state index contributed by atoms with van der Waals surface area (Å²) in [7, 11) is 0. The number of benzene rings is 9. The Labute approximate surface area is 351 Å². The average molecular weight is 782 g/mol. The predicted octanol–water partition coefficient (Wildman–Crippen LogP) is 15.4. The molecule has 3 aromatic heterocycles. The quantitative estimate of drug-likeness (QED) is 0.168. The molecule has 0 aliphatic carbocycles. The molecular formula is C56H35N3S. The van der Waals surface area contributed by atoms with Crippen molar-refractivity contribution in [3.63, 3.8) is 0 Å². The van der Waals surface area contributed by atoms with Crippen molar-refractivity contribution in [1.82, 2.24) is 14.5 Å². The zero-order chi connectivity index (χ0) is 39.6. The van der Waals surface area contributed by atoms with Gasteiger partial charge in [-0.3, -0.25) is 0 Å². The summed E-state index contributed by atoms with van der Waals surface area (Å²) < 4.78 is 5.11. The molecule has 0 aliphatic heterocycles. The number of fused-ring (bicyclic) bond motifs is 10. The minimum atomic E-state index is 0.696. The van der Waals surface area contributed by atoms with Crippen LogP contribution in [0.5, 0.6) is 0 Å². The Balaban J connectivity index is 1.14. The van der Waals surface area contributed by atoms with Crippen LogP contribution in [0.15, 0.2) is 212 Å². The third-order valence-corrected chi connectivity index (χ3v) is 13.1. The van der Waals surface area contributed by atoms with E-state index >= 15 is 0 Å². The summed E-state index contributed by atoms with van der Waals surface area (Å²) >= 11 is 1.91. The van der Waals surface area contributed by atoms with Crippen molar-refractivity contribution >= 4 is 64.1 Å². The van der Waals surface area contributed by atoms with Gasteiger partial charge in [0, 0.05) is 58.7 Å². The van der Waals surface area contributed by atoms with E-state index in [2.05, 4.69) is 205 Å². The van der Waals surface area contributed by atoms with Crippen molar-refractivity contribution < 1.29 is 0 Å². The molecule has 60 heavy (non-hydrogen) atoms. The van der Waals surface area contributed by atoms with Gasteiger partial charge in [-0.1, -0.05) is 170 Å². The molecule has 0 fully saturated rings. The van der Waals surface area contributed by atoms with E-state index in [0.29, 0.717) is 5.82 Å². The molecular weight excluding hydrogens is 747 g/mol. The van der Waals surface area contributed by atoms with E-state index in [1.54, 1.807) is 0 Å². The molecule has 12 aromatic rings. The fraction of sp³-hybridized carbons (Fsp3) is 0. The Morgan fingerprint density at radius 1 is 0.350 bits per heavy atom. The smallest absolute Gasteiger partial charge is 0.160 e. The van der Waals surface area contributed by atoms with E-state index in [4.69, 9.17) is 9.97 Å². The maximum absolute atomic E-state index is 5.15. The van der Waals surface area contributed by atoms with Crippen LogP contribution < -0.4 is 0 Å². The molecule has 12 rings (SSSR count). The molecule has 4 heteroatoms. The van der Waals surface area contributed by atoms with E-state index in [9.17, 15) is 0 Å². The molecule has 3 nitrogen and oxygen atoms in total. The summed E-state index contributed by atoms with van der Waals surface area (Å²) in [4.78, 5) is 10.3. The lowest BCUT2D eigenvalue weighted by atomic mass is 9.97. The van der Waals surface area contributed by atoms with Crippen LogP contribution in [0.25, 0.3) is 115 Å². The van der Waals surface area contributed by atoms with Gasteiger partial charge in [-0.2, -0.15) is 0 Å². The summed E-state index contributed by atoms with van der Waals surface area (Å²) in [6.07, 6.45) is 0. The molecule has 0 unspecified atom stereocenters. The van der Waals surface area contributed by atoms with E-state index in [-0.39, 0.29) is 0 Å². The van der Waals surface area contributed by atoms with E-state index in [1.807, 2.05) is 23.5 Å². The molecule has 0 aliphatic rings. The molecule has 0 saturated heterocycles. The van der Waals surface area contributed by atoms with Gasteiger partial charge in [0.25, 0.3) is 0 Å². The number of hydrogen-bond acceptors (Lipinski definition) is 3. The zero-order valence-electron chi connectivity index (χ0n) is 32.5. The maximum Gasteiger partial charge on any atom is 0.160 e. The van der Waals surface area contributed by atoms with Crippen LogP contribution in [0.2, 0.25) is 0 Å². The lowest BCUT2D eigenvalue weighted by Crippen LogP contribution is -1.97. The number of nitrogens with zero attached hydrogens (tertiary/aromatic N) is 3. The Morgan fingerprint density at radius 3 is 1.55 bits per heavy atom. The molecule has 0 bridgehead atoms. The van der Waals surface area contributed by atoms with Crippen LogP contribution in [0.3, 0.4) is 0 Å². The van der Waals surface area contributed by atoms with Crippen LogP contribution in [0.4, 0.5) is 0 Å². The lowest BCUT2D eigenvalue weighted by molar-refractivity contribution is 1.17. The van der Waals surface area contributed by atoms with E-state index in [1.165, 1.54) is 75.0 Å². The first-order chi connectivity index (χ1) is 29.8. The summed E-state index contributed by atoms with van der Waals surface area (Å²) in [6.45, 7) is 0. The average Bonchev–Trinajstić information content (AvgIpc) is 3.89. The van der Waals surface area contributed by atoms with Crippen molar-refractivity contribution in [2.75, 3.05) is 0 Å². The summed E-state index contributed by atoms with van der Waals surface area (Å²) in [6, 6.07) is 76.0. The van der Waals surface area contributed by atoms with Gasteiger partial charge in [0.15, 0.2) is 5.82 Å². The Kier molecular flexibility index (Phi) is 8.03. The van der Waals surface area contributed by atoms with Crippen molar-refractivity contribution in [3.05, 3.63) is 212 Å². The second-order valence-electron chi connectivity index (χ2n) is 15.3. The van der Waals surface area contributed by atoms with Crippen molar-refractivity contribution in [2.45, 2.75) is 0 Å². The standard InChI is InChI=1S/C56H35N3S/c1-5-16-36(17-6-1)41-30-33-50-47(34-41)51-44-24-13-14-25-45(44)55-52(46-27-15-26-43(54(46)60-55)37-18-7-2-8-19-37)53(51)59(50)42-31-28-40(29-32-42)56-57-48(38-20-9-3-10-21-38)35-49(58-56)39-22-11-4-12-23-39/h1-35H. The topological polar surface area (TPSA) is 30.7 Å². The monoisotopic (exact) mass is 781 g/mol. The Bertz CT molecular complexity index is 3500. The van der Waals surface area contributed by atoms with Gasteiger partial charge in [-0.05, 0) is 70.1 Å². The van der Waals surface area contributed by atoms with Gasteiger partial charge < -0.3 is 4.57 Å². The van der Waals surface area contributed by atoms with Gasteiger partial charge in [0.05, 0.1) is 22.4 Å². The van der Waals surface area contributed by atoms with E-state index in [0.717, 1.165) is 33.8 Å². The van der Waals surface area contributed by atoms with Crippen LogP contribution >= 0.6 is 11.3 Å². The third kappa shape index (κ3) is 5.57. The first-order valence-corrected chi connectivity index (χ1v) is 21.1. The minimum Gasteiger partial charge on any atom is -0.309 e. The second kappa shape index (κ2) is 14.0. The Hall–Kier alpha value is -7.66. The maximum atomic E-state index is 5.15. The zero-order valence-corrected chi connectivity index (χ0v) is 33.3. The molecule has 0 radical (unpaired) electrons. The van der Waals surface area contributed by atoms with Gasteiger partial charge in [0.2, 0.25) is 0 Å². The fourth-order valence-electron chi connectivity index (χ4n) is 9.02. The van der Waals surface area contributed by atoms with Crippen LogP contribution in [-0.2, 0) is 0 Å². The van der Waals surface area contributed by atoms with Crippen molar-refractivity contribution in [1.29, 1.82) is 0 Å². The Morgan fingerprint density at radius 2 is 0.900 bits per heavy atom. The van der Waals surface area contributed by atoms with Gasteiger partial charge >= 0.3 is 0 Å². The molecule has 3 heterocycles. The van der Waals surface area contributed by atoms with E-state index < -0.39 is 0 Å². The molecule has 0 spiro atoms. The highest BCUT2D eigenvalue weighted by Gasteiger charge is 2.23. The highest BCUT2D eigenvalue weighted by Crippen LogP contribution is 2.50. The van der Waals surface area contributed by atoms with Gasteiger partial charge in [-0.15, -0.1) is 11.3 Å². The third-order valence-electron chi connectivity index (χ3n) is 11.8. The number of rotatable bonds is 6. The first-order valence-electron chi connectivity index (χ1n) is 20.3. The first kappa shape index (κ1) is 34.4. The SMILES string of the molecule is c1ccc(-c2ccc3c(c2)c2c4ccccc4c4sc5c(-c6ccccc6)cccc5c4c2n3-c2ccc(-c3nc(-c4ccccc4)cc(-c4ccccc4)n3)cc2)cc1. The predicted molar refractivity (Wildman–Crippen MR) is 254 cm³/mol. The molecule has 0 amide bonds. The van der Waals surface area contributed by atoms with Gasteiger partial charge in [0.1, 0.15) is 0 Å². The molecule has 0 saturated carbocycles. The van der Waals surface area contributed by atoms with Crippen molar-refractivity contribution in [3.8, 4) is 61.8 Å². The molecule has 0 N–H and O–H groups in total. The number of aromatic nitrogens is 3. The number of hydrogen-bond donors (Lipinski definition) is 0. The summed E-state index contributed by atoms with van der Waals surface area (Å²) in [5.74, 6) is 0.696. The molecule has 9 aromatic carbocycles. The van der Waals surface area contributed by atoms with Crippen molar-refractivity contribution in [2.24, 2.45) is 0 Å². The van der Waals surface area contributed by atoms with Crippen LogP contribution in [0, 0.1) is 0 Å². The number of thiophene rings is 1. The van der Waals surface area contributed by atoms with Gasteiger partial charge in [-0.25, -0.2) is 9.97 Å². The summed E-state index contributed by atoms with van der Waals surface area (Å²) in [5.41, 5.74) is 13.3. The normalized spacial score (nSPS) is 11.7. The lowest BCUT2D eigenvalue weighted by Gasteiger charge is -2.12. The van der Waals surface area contributed by atoms with Crippen LogP contribution in [0.1, 0.15) is 0 Å². The van der Waals surface area contributed by atoms with Crippen LogP contribution in [-0.4, -0.2) is 14.5 Å². The summed E-state index contributed by atoms with van der Waals surface area (Å²) in [5, 5.41) is 7.61. The highest BCUT2D eigenvalue weighted by molar-refractivity contribution is 7.27. The molecule has 0 atom stereocenters. The molecule has 280 valence electrons. The second-order valence-corrected chi connectivity index (χ2v) is 16.3. The minimum absolute atomic E-state index is 0.696. The highest BCUT2D eigenvalue weighted by atomic mass is 32.1. The fourth-order valence-corrected chi connectivity index (χ4v) is 10.4. The largest absolute Gasteiger partial charge is 0.309 e.